The van der Waals surface area contributed by atoms with Crippen LogP contribution in [0.1, 0.15) is 32.3 Å². The second-order valence-corrected chi connectivity index (χ2v) is 5.26. The van der Waals surface area contributed by atoms with Crippen molar-refractivity contribution in [2.75, 3.05) is 0 Å². The van der Waals surface area contributed by atoms with Crippen LogP contribution < -0.4 is 0 Å². The van der Waals surface area contributed by atoms with Crippen LogP contribution in [0.4, 0.5) is 0 Å². The lowest BCUT2D eigenvalue weighted by molar-refractivity contribution is -0.114. The fraction of sp³-hybridized carbons (Fsp3) is 0.417. The number of thiophene rings is 1. The molecule has 1 aromatic rings. The third kappa shape index (κ3) is 1.80. The summed E-state index contributed by atoms with van der Waals surface area (Å²) in [5.41, 5.74) is 2.18. The Morgan fingerprint density at radius 1 is 1.43 bits per heavy atom. The number of Topliss-reactive ketones (excluding diaryl/α,β-unsaturated/α-hetero) is 1. The van der Waals surface area contributed by atoms with E-state index < -0.39 is 0 Å². The summed E-state index contributed by atoms with van der Waals surface area (Å²) in [6.07, 6.45) is 3.79. The molecule has 14 heavy (non-hydrogen) atoms. The van der Waals surface area contributed by atoms with E-state index in [1.807, 2.05) is 16.8 Å². The normalized spacial score (nSPS) is 20.7. The quantitative estimate of drug-likeness (QED) is 0.687. The average Bonchev–Trinajstić information content (AvgIpc) is 2.62. The SMILES string of the molecule is CC1(C)C=C(c2ccsc2)C(=O)CC1. The van der Waals surface area contributed by atoms with Gasteiger partial charge in [0.15, 0.2) is 5.78 Å². The summed E-state index contributed by atoms with van der Waals surface area (Å²) in [6.45, 7) is 4.37. The Bertz CT molecular complexity index is 371. The van der Waals surface area contributed by atoms with Crippen LogP contribution >= 0.6 is 11.3 Å². The number of hydrogen-bond acceptors (Lipinski definition) is 2. The molecule has 0 amide bonds. The number of ketones is 1. The summed E-state index contributed by atoms with van der Waals surface area (Å²) in [7, 11) is 0. The van der Waals surface area contributed by atoms with E-state index in [-0.39, 0.29) is 5.41 Å². The van der Waals surface area contributed by atoms with Crippen molar-refractivity contribution in [2.24, 2.45) is 5.41 Å². The minimum absolute atomic E-state index is 0.172. The van der Waals surface area contributed by atoms with Gasteiger partial charge >= 0.3 is 0 Å². The zero-order valence-electron chi connectivity index (χ0n) is 8.54. The van der Waals surface area contributed by atoms with Crippen LogP contribution in [0.2, 0.25) is 0 Å². The molecule has 0 radical (unpaired) electrons. The summed E-state index contributed by atoms with van der Waals surface area (Å²) in [4.78, 5) is 11.7. The van der Waals surface area contributed by atoms with Gasteiger partial charge < -0.3 is 0 Å². The molecule has 2 heteroatoms. The zero-order chi connectivity index (χ0) is 10.2. The van der Waals surface area contributed by atoms with Crippen LogP contribution in [0, 0.1) is 5.41 Å². The van der Waals surface area contributed by atoms with Gasteiger partial charge in [-0.15, -0.1) is 0 Å². The van der Waals surface area contributed by atoms with E-state index in [4.69, 9.17) is 0 Å². The van der Waals surface area contributed by atoms with Gasteiger partial charge in [-0.1, -0.05) is 19.9 Å². The van der Waals surface area contributed by atoms with E-state index in [1.54, 1.807) is 11.3 Å². The van der Waals surface area contributed by atoms with Crippen molar-refractivity contribution >= 4 is 22.7 Å². The fourth-order valence-corrected chi connectivity index (χ4v) is 2.43. The Hall–Kier alpha value is -0.890. The fourth-order valence-electron chi connectivity index (χ4n) is 1.78. The Kier molecular flexibility index (Phi) is 2.31. The molecule has 0 spiro atoms. The van der Waals surface area contributed by atoms with Gasteiger partial charge in [-0.3, -0.25) is 4.79 Å². The molecule has 0 fully saturated rings. The summed E-state index contributed by atoms with van der Waals surface area (Å²) in [5, 5.41) is 4.07. The zero-order valence-corrected chi connectivity index (χ0v) is 9.36. The molecule has 0 atom stereocenters. The van der Waals surface area contributed by atoms with Crippen LogP contribution in [-0.4, -0.2) is 5.78 Å². The van der Waals surface area contributed by atoms with Gasteiger partial charge in [-0.25, -0.2) is 0 Å². The molecule has 0 bridgehead atoms. The maximum absolute atomic E-state index is 11.7. The third-order valence-electron chi connectivity index (χ3n) is 2.66. The summed E-state index contributed by atoms with van der Waals surface area (Å²) < 4.78 is 0. The molecular weight excluding hydrogens is 192 g/mol. The minimum atomic E-state index is 0.172. The van der Waals surface area contributed by atoms with E-state index >= 15 is 0 Å². The summed E-state index contributed by atoms with van der Waals surface area (Å²) in [5.74, 6) is 0.294. The largest absolute Gasteiger partial charge is 0.294 e. The van der Waals surface area contributed by atoms with Crippen molar-refractivity contribution < 1.29 is 4.79 Å². The second-order valence-electron chi connectivity index (χ2n) is 4.48. The molecule has 1 heterocycles. The Labute approximate surface area is 88.5 Å². The molecule has 0 unspecified atom stereocenters. The molecular formula is C12H14OS. The summed E-state index contributed by atoms with van der Waals surface area (Å²) >= 11 is 1.64. The Morgan fingerprint density at radius 2 is 2.21 bits per heavy atom. The van der Waals surface area contributed by atoms with Crippen molar-refractivity contribution in [3.05, 3.63) is 28.5 Å². The van der Waals surface area contributed by atoms with Gasteiger partial charge in [0.05, 0.1) is 0 Å². The lowest BCUT2D eigenvalue weighted by Gasteiger charge is -2.26. The Balaban J connectivity index is 2.42. The highest BCUT2D eigenvalue weighted by atomic mass is 32.1. The molecule has 0 aliphatic heterocycles. The smallest absolute Gasteiger partial charge is 0.163 e. The first-order valence-corrected chi connectivity index (χ1v) is 5.81. The predicted molar refractivity (Wildman–Crippen MR) is 60.3 cm³/mol. The number of rotatable bonds is 1. The van der Waals surface area contributed by atoms with Crippen LogP contribution in [0.5, 0.6) is 0 Å². The van der Waals surface area contributed by atoms with Crippen molar-refractivity contribution in [2.45, 2.75) is 26.7 Å². The van der Waals surface area contributed by atoms with E-state index in [0.29, 0.717) is 12.2 Å². The molecule has 1 nitrogen and oxygen atoms in total. The molecule has 1 aliphatic carbocycles. The van der Waals surface area contributed by atoms with E-state index in [9.17, 15) is 4.79 Å². The molecule has 0 N–H and O–H groups in total. The first-order valence-electron chi connectivity index (χ1n) is 4.87. The molecule has 74 valence electrons. The van der Waals surface area contributed by atoms with Crippen LogP contribution in [0.25, 0.3) is 5.57 Å². The lowest BCUT2D eigenvalue weighted by atomic mass is 9.78. The van der Waals surface area contributed by atoms with Crippen LogP contribution in [0.15, 0.2) is 22.9 Å². The summed E-state index contributed by atoms with van der Waals surface area (Å²) in [6, 6.07) is 2.02. The van der Waals surface area contributed by atoms with Crippen molar-refractivity contribution in [1.82, 2.24) is 0 Å². The minimum Gasteiger partial charge on any atom is -0.294 e. The standard InChI is InChI=1S/C12H14OS/c1-12(2)5-3-11(13)10(7-12)9-4-6-14-8-9/h4,6-8H,3,5H2,1-2H3. The number of carbonyl (C=O) groups excluding carboxylic acids is 1. The van der Waals surface area contributed by atoms with E-state index in [0.717, 1.165) is 17.6 Å². The van der Waals surface area contributed by atoms with E-state index in [1.165, 1.54) is 0 Å². The predicted octanol–water partition coefficient (Wildman–Crippen LogP) is 3.52. The van der Waals surface area contributed by atoms with Gasteiger partial charge in [0.1, 0.15) is 0 Å². The highest BCUT2D eigenvalue weighted by Crippen LogP contribution is 2.35. The molecule has 1 aromatic heterocycles. The highest BCUT2D eigenvalue weighted by molar-refractivity contribution is 7.08. The lowest BCUT2D eigenvalue weighted by Crippen LogP contribution is -2.18. The van der Waals surface area contributed by atoms with Gasteiger partial charge in [0.25, 0.3) is 0 Å². The first-order chi connectivity index (χ1) is 6.58. The number of allylic oxidation sites excluding steroid dienone is 2. The number of carbonyl (C=O) groups is 1. The third-order valence-corrected chi connectivity index (χ3v) is 3.35. The van der Waals surface area contributed by atoms with Crippen molar-refractivity contribution in [1.29, 1.82) is 0 Å². The first kappa shape index (κ1) is 9.66. The monoisotopic (exact) mass is 206 g/mol. The van der Waals surface area contributed by atoms with Gasteiger partial charge in [-0.05, 0) is 34.2 Å². The molecule has 0 saturated heterocycles. The molecule has 0 saturated carbocycles. The second kappa shape index (κ2) is 3.35. The molecule has 0 aromatic carbocycles. The Morgan fingerprint density at radius 3 is 2.86 bits per heavy atom. The van der Waals surface area contributed by atoms with Gasteiger partial charge in [-0.2, -0.15) is 11.3 Å². The molecule has 1 aliphatic rings. The highest BCUT2D eigenvalue weighted by Gasteiger charge is 2.26. The average molecular weight is 206 g/mol. The topological polar surface area (TPSA) is 17.1 Å². The van der Waals surface area contributed by atoms with Gasteiger partial charge in [0, 0.05) is 12.0 Å². The van der Waals surface area contributed by atoms with E-state index in [2.05, 4.69) is 19.9 Å². The van der Waals surface area contributed by atoms with Crippen LogP contribution in [-0.2, 0) is 4.79 Å². The maximum atomic E-state index is 11.7. The van der Waals surface area contributed by atoms with Crippen molar-refractivity contribution in [3.8, 4) is 0 Å². The number of hydrogen-bond donors (Lipinski definition) is 0. The molecule has 2 rings (SSSR count). The van der Waals surface area contributed by atoms with Crippen molar-refractivity contribution in [3.63, 3.8) is 0 Å². The maximum Gasteiger partial charge on any atom is 0.163 e. The van der Waals surface area contributed by atoms with Gasteiger partial charge in [0.2, 0.25) is 0 Å². The van der Waals surface area contributed by atoms with Crippen LogP contribution in [0.3, 0.4) is 0 Å².